The Bertz CT molecular complexity index is 134. The number of hydrogen-bond acceptors (Lipinski definition) is 1. The Kier molecular flexibility index (Phi) is 9.53. The Morgan fingerprint density at radius 2 is 2.36 bits per heavy atom. The number of carboxylic acids is 1. The van der Waals surface area contributed by atoms with Crippen molar-refractivity contribution >= 4 is 5.97 Å². The maximum absolute atomic E-state index is 11.9. The fourth-order valence-electron chi connectivity index (χ4n) is 0.377. The van der Waals surface area contributed by atoms with E-state index in [2.05, 4.69) is 6.92 Å². The van der Waals surface area contributed by atoms with Gasteiger partial charge in [0.05, 0.1) is 0 Å². The number of rotatable bonds is 4. The summed E-state index contributed by atoms with van der Waals surface area (Å²) in [6, 6.07) is 0. The zero-order valence-corrected chi connectivity index (χ0v) is 8.10. The number of allylic oxidation sites excluding steroid dienone is 1. The second kappa shape index (κ2) is 7.85. The molecule has 0 saturated heterocycles. The van der Waals surface area contributed by atoms with Crippen molar-refractivity contribution in [2.24, 2.45) is 0 Å². The molecule has 0 aromatic rings. The molecule has 2 nitrogen and oxygen atoms in total. The molecule has 0 rings (SSSR count). The van der Waals surface area contributed by atoms with Crippen LogP contribution in [0.5, 0.6) is 0 Å². The normalized spacial score (nSPS) is 12.2. The van der Waals surface area contributed by atoms with Gasteiger partial charge in [0.25, 0.3) is 0 Å². The molecular weight excluding hydrogens is 228 g/mol. The van der Waals surface area contributed by atoms with Gasteiger partial charge in [-0.15, -0.1) is 6.08 Å². The maximum atomic E-state index is 11.9. The van der Waals surface area contributed by atoms with E-state index in [0.717, 1.165) is 6.08 Å². The molecule has 11 heavy (non-hydrogen) atoms. The monoisotopic (exact) mass is 237 g/mol. The van der Waals surface area contributed by atoms with Crippen molar-refractivity contribution in [3.05, 3.63) is 25.5 Å². The first-order valence-corrected chi connectivity index (χ1v) is 2.83. The van der Waals surface area contributed by atoms with Crippen LogP contribution in [0.15, 0.2) is 12.2 Å². The van der Waals surface area contributed by atoms with E-state index >= 15 is 0 Å². The smallest absolute Gasteiger partial charge is 0.491 e. The van der Waals surface area contributed by atoms with Crippen LogP contribution in [0, 0.1) is 13.3 Å². The summed E-state index contributed by atoms with van der Waals surface area (Å²) in [7, 11) is 0. The number of halogens is 1. The van der Waals surface area contributed by atoms with E-state index in [9.17, 15) is 9.18 Å². The minimum Gasteiger partial charge on any atom is -0.491 e. The third-order valence-electron chi connectivity index (χ3n) is 0.767. The Hall–Kier alpha value is -0.250. The van der Waals surface area contributed by atoms with Crippen LogP contribution in [-0.2, 0) is 27.2 Å². The maximum Gasteiger partial charge on any atom is 2.00 e. The molecule has 1 radical (unpaired) electrons. The third kappa shape index (κ3) is 12.9. The van der Waals surface area contributed by atoms with Crippen LogP contribution < -0.4 is 0 Å². The van der Waals surface area contributed by atoms with Gasteiger partial charge in [0.15, 0.2) is 0 Å². The Balaban J connectivity index is 0. The fourth-order valence-corrected chi connectivity index (χ4v) is 0.377. The van der Waals surface area contributed by atoms with Crippen molar-refractivity contribution in [1.82, 2.24) is 0 Å². The quantitative estimate of drug-likeness (QED) is 0.455. The first-order valence-electron chi connectivity index (χ1n) is 2.83. The molecule has 0 spiro atoms. The number of carboxylic acid groups (broad SMARTS) is 1. The van der Waals surface area contributed by atoms with Crippen LogP contribution in [0.1, 0.15) is 6.42 Å². The van der Waals surface area contributed by atoms with Gasteiger partial charge in [-0.3, -0.25) is 9.18 Å². The zero-order chi connectivity index (χ0) is 7.98. The second-order valence-electron chi connectivity index (χ2n) is 1.77. The van der Waals surface area contributed by atoms with E-state index in [1.54, 1.807) is 0 Å². The summed E-state index contributed by atoms with van der Waals surface area (Å²) in [6.07, 6.45) is 2.66. The summed E-state index contributed by atoms with van der Waals surface area (Å²) >= 11 is 0. The largest absolute Gasteiger partial charge is 2.00 e. The molecule has 0 aliphatic heterocycles. The molecule has 0 saturated carbocycles. The molecule has 0 amide bonds. The van der Waals surface area contributed by atoms with Gasteiger partial charge in [-0.05, 0) is 6.17 Å². The van der Waals surface area contributed by atoms with Gasteiger partial charge in [0, 0.05) is 0 Å². The van der Waals surface area contributed by atoms with Crippen molar-refractivity contribution in [3.63, 3.8) is 0 Å². The van der Waals surface area contributed by atoms with Crippen molar-refractivity contribution < 1.29 is 36.7 Å². The number of carbonyl (C=O) groups is 1. The Labute approximate surface area is 81.0 Å². The number of aliphatic carboxylic acids is 1. The third-order valence-corrected chi connectivity index (χ3v) is 0.767. The van der Waals surface area contributed by atoms with Gasteiger partial charge in [-0.1, -0.05) is 6.42 Å². The van der Waals surface area contributed by atoms with Gasteiger partial charge in [0.1, 0.15) is 0 Å². The molecule has 0 aliphatic rings. The summed E-state index contributed by atoms with van der Waals surface area (Å²) in [5.41, 5.74) is 0. The van der Waals surface area contributed by atoms with E-state index < -0.39 is 12.1 Å². The van der Waals surface area contributed by atoms with E-state index in [1.165, 1.54) is 12.5 Å². The molecule has 4 heteroatoms. The summed E-state index contributed by atoms with van der Waals surface area (Å²) in [5.74, 6) is -1.03. The number of alkyl halides is 1. The van der Waals surface area contributed by atoms with E-state index in [4.69, 9.17) is 5.11 Å². The molecule has 0 aromatic heterocycles. The summed E-state index contributed by atoms with van der Waals surface area (Å²) in [4.78, 5) is 9.83. The predicted molar refractivity (Wildman–Crippen MR) is 35.9 cm³/mol. The van der Waals surface area contributed by atoms with Crippen molar-refractivity contribution in [2.45, 2.75) is 12.6 Å². The molecule has 1 N–H and O–H groups in total. The van der Waals surface area contributed by atoms with Crippen LogP contribution in [-0.4, -0.2) is 17.2 Å². The molecule has 0 bridgehead atoms. The Morgan fingerprint density at radius 1 is 1.82 bits per heavy atom. The Morgan fingerprint density at radius 3 is 2.73 bits per heavy atom. The van der Waals surface area contributed by atoms with E-state index in [1.807, 2.05) is 0 Å². The first-order chi connectivity index (χ1) is 4.63. The van der Waals surface area contributed by atoms with Gasteiger partial charge in [-0.2, -0.15) is 0 Å². The van der Waals surface area contributed by atoms with Crippen molar-refractivity contribution in [2.75, 3.05) is 0 Å². The topological polar surface area (TPSA) is 37.3 Å². The average molecular weight is 237 g/mol. The molecule has 0 heterocycles. The van der Waals surface area contributed by atoms with E-state index in [-0.39, 0.29) is 28.8 Å². The minimum atomic E-state index is -1.15. The van der Waals surface area contributed by atoms with Gasteiger partial charge in [0.2, 0.25) is 5.97 Å². The number of hydrogen-bond donors (Lipinski definition) is 1. The molecule has 0 fully saturated rings. The van der Waals surface area contributed by atoms with Crippen LogP contribution in [0.3, 0.4) is 0 Å². The molecule has 0 aliphatic carbocycles. The fraction of sp³-hybridized carbons (Fsp3) is 0.286. The van der Waals surface area contributed by atoms with Crippen LogP contribution in [0.25, 0.3) is 0 Å². The minimum absolute atomic E-state index is 0. The van der Waals surface area contributed by atoms with Crippen LogP contribution in [0.4, 0.5) is 4.39 Å². The van der Waals surface area contributed by atoms with Gasteiger partial charge < -0.3 is 12.0 Å². The van der Waals surface area contributed by atoms with Gasteiger partial charge in [-0.25, -0.2) is 12.5 Å². The summed E-state index contributed by atoms with van der Waals surface area (Å²) in [6.45, 7) is 3.08. The molecular formula is C7H9FNbO2. The van der Waals surface area contributed by atoms with E-state index in [0.29, 0.717) is 0 Å². The summed E-state index contributed by atoms with van der Waals surface area (Å²) < 4.78 is 11.9. The van der Waals surface area contributed by atoms with Crippen LogP contribution in [0.2, 0.25) is 0 Å². The average Bonchev–Trinajstić information content (AvgIpc) is 1.79. The standard InChI is InChI=1S/C7H9FO2.Nb/c1-6(8)4-2-3-5-7(9)10;/h2-3,5-6H,1,4H2,(H,9,10);/q-2;+2/b5-3+;/t6-;/m0./s1. The predicted octanol–water partition coefficient (Wildman–Crippen LogP) is 1.39. The SMILES string of the molecule is [CH2-][C@H](F)C[CH-]/C=C/C(=O)O.[Nb+2]. The molecule has 0 unspecified atom stereocenters. The van der Waals surface area contributed by atoms with Crippen LogP contribution >= 0.6 is 0 Å². The van der Waals surface area contributed by atoms with Crippen molar-refractivity contribution in [3.8, 4) is 0 Å². The molecule has 1 atom stereocenters. The molecule has 0 aromatic carbocycles. The molecule has 61 valence electrons. The second-order valence-corrected chi connectivity index (χ2v) is 1.77. The zero-order valence-electron chi connectivity index (χ0n) is 5.90. The van der Waals surface area contributed by atoms with Crippen molar-refractivity contribution in [1.29, 1.82) is 0 Å². The summed E-state index contributed by atoms with van der Waals surface area (Å²) in [5, 5.41) is 8.06. The van der Waals surface area contributed by atoms with Gasteiger partial charge >= 0.3 is 22.4 Å². The first kappa shape index (κ1) is 13.3.